The van der Waals surface area contributed by atoms with Crippen LogP contribution in [-0.4, -0.2) is 44.0 Å². The van der Waals surface area contributed by atoms with Gasteiger partial charge in [0.05, 0.1) is 22.2 Å². The fraction of sp³-hybridized carbons (Fsp3) is 0.333. The zero-order valence-corrected chi connectivity index (χ0v) is 18.3. The third-order valence-corrected chi connectivity index (χ3v) is 7.93. The van der Waals surface area contributed by atoms with Crippen molar-refractivity contribution >= 4 is 45.0 Å². The Morgan fingerprint density at radius 3 is 2.68 bits per heavy atom. The predicted molar refractivity (Wildman–Crippen MR) is 117 cm³/mol. The second-order valence-corrected chi connectivity index (χ2v) is 10.3. The first-order valence-electron chi connectivity index (χ1n) is 9.96. The molecule has 2 aliphatic heterocycles. The summed E-state index contributed by atoms with van der Waals surface area (Å²) in [4.78, 5) is 27.6. The number of fused-ring (bicyclic) bond motifs is 1. The Morgan fingerprint density at radius 2 is 1.94 bits per heavy atom. The summed E-state index contributed by atoms with van der Waals surface area (Å²) in [6, 6.07) is 9.86. The molecule has 0 saturated carbocycles. The largest absolute Gasteiger partial charge is 0.343 e. The Kier molecular flexibility index (Phi) is 6.19. The average molecular weight is 464 g/mol. The van der Waals surface area contributed by atoms with E-state index in [0.717, 1.165) is 32.0 Å². The molecular weight excluding hydrogens is 441 g/mol. The van der Waals surface area contributed by atoms with Gasteiger partial charge in [-0.15, -0.1) is 11.8 Å². The number of thioether (sulfide) groups is 1. The quantitative estimate of drug-likeness (QED) is 0.710. The Morgan fingerprint density at radius 1 is 1.19 bits per heavy atom. The van der Waals surface area contributed by atoms with Gasteiger partial charge in [0.2, 0.25) is 11.8 Å². The van der Waals surface area contributed by atoms with Gasteiger partial charge in [-0.1, -0.05) is 12.1 Å². The second kappa shape index (κ2) is 8.88. The van der Waals surface area contributed by atoms with Crippen molar-refractivity contribution in [1.82, 2.24) is 4.90 Å². The van der Waals surface area contributed by atoms with Gasteiger partial charge < -0.3 is 10.2 Å². The van der Waals surface area contributed by atoms with E-state index in [1.165, 1.54) is 42.1 Å². The molecule has 164 valence electrons. The van der Waals surface area contributed by atoms with E-state index in [4.69, 9.17) is 0 Å². The molecule has 0 aromatic heterocycles. The summed E-state index contributed by atoms with van der Waals surface area (Å²) in [7, 11) is -4.05. The third kappa shape index (κ3) is 4.85. The fourth-order valence-corrected chi connectivity index (χ4v) is 5.78. The summed E-state index contributed by atoms with van der Waals surface area (Å²) in [5.74, 6) is -1.09. The van der Waals surface area contributed by atoms with E-state index in [1.807, 2.05) is 0 Å². The molecule has 1 atom stereocenters. The van der Waals surface area contributed by atoms with E-state index in [-0.39, 0.29) is 28.8 Å². The highest BCUT2D eigenvalue weighted by atomic mass is 32.2. The first kappa shape index (κ1) is 21.6. The first-order valence-corrected chi connectivity index (χ1v) is 12.4. The minimum absolute atomic E-state index is 0.0263. The van der Waals surface area contributed by atoms with Crippen LogP contribution in [0, 0.1) is 11.7 Å². The maximum Gasteiger partial charge on any atom is 0.262 e. The van der Waals surface area contributed by atoms with Crippen LogP contribution in [0.25, 0.3) is 0 Å². The summed E-state index contributed by atoms with van der Waals surface area (Å²) in [6.07, 6.45) is 2.11. The lowest BCUT2D eigenvalue weighted by atomic mass is 10.1. The smallest absolute Gasteiger partial charge is 0.262 e. The summed E-state index contributed by atoms with van der Waals surface area (Å²) in [6.45, 7) is 1.47. The number of hydrogen-bond acceptors (Lipinski definition) is 5. The number of anilines is 2. The Bertz CT molecular complexity index is 1120. The SMILES string of the molecule is O=C1Nc2cc(S(=O)(=O)Nc3ccccc3F)ccc2SCC1CC(=O)N1CCCC1. The molecule has 7 nitrogen and oxygen atoms in total. The van der Waals surface area contributed by atoms with Crippen LogP contribution < -0.4 is 10.0 Å². The van der Waals surface area contributed by atoms with Crippen molar-refractivity contribution in [3.8, 4) is 0 Å². The number of nitrogens with one attached hydrogen (secondary N) is 2. The number of amides is 2. The molecule has 2 aromatic carbocycles. The summed E-state index contributed by atoms with van der Waals surface area (Å²) >= 11 is 1.40. The zero-order chi connectivity index (χ0) is 22.0. The van der Waals surface area contributed by atoms with Crippen LogP contribution in [0.2, 0.25) is 0 Å². The lowest BCUT2D eigenvalue weighted by Gasteiger charge is -2.18. The number of hydrogen-bond donors (Lipinski definition) is 2. The molecule has 31 heavy (non-hydrogen) atoms. The molecule has 0 bridgehead atoms. The minimum Gasteiger partial charge on any atom is -0.343 e. The molecule has 2 aromatic rings. The molecule has 0 aliphatic carbocycles. The number of likely N-dealkylation sites (tertiary alicyclic amines) is 1. The number of para-hydroxylation sites is 1. The Balaban J connectivity index is 1.50. The molecule has 2 amide bonds. The van der Waals surface area contributed by atoms with E-state index in [1.54, 1.807) is 11.0 Å². The van der Waals surface area contributed by atoms with Crippen molar-refractivity contribution in [1.29, 1.82) is 0 Å². The van der Waals surface area contributed by atoms with E-state index in [2.05, 4.69) is 10.0 Å². The highest BCUT2D eigenvalue weighted by Gasteiger charge is 2.30. The van der Waals surface area contributed by atoms with E-state index in [9.17, 15) is 22.4 Å². The van der Waals surface area contributed by atoms with Crippen molar-refractivity contribution in [3.05, 3.63) is 48.3 Å². The van der Waals surface area contributed by atoms with Crippen molar-refractivity contribution < 1.29 is 22.4 Å². The molecule has 1 saturated heterocycles. The van der Waals surface area contributed by atoms with Crippen molar-refractivity contribution in [2.24, 2.45) is 5.92 Å². The molecule has 4 rings (SSSR count). The predicted octanol–water partition coefficient (Wildman–Crippen LogP) is 3.30. The lowest BCUT2D eigenvalue weighted by molar-refractivity contribution is -0.133. The van der Waals surface area contributed by atoms with Gasteiger partial charge in [0, 0.05) is 30.2 Å². The van der Waals surface area contributed by atoms with E-state index >= 15 is 0 Å². The molecule has 0 spiro atoms. The van der Waals surface area contributed by atoms with Crippen molar-refractivity contribution in [2.75, 3.05) is 28.9 Å². The number of carbonyl (C=O) groups is 2. The van der Waals surface area contributed by atoms with E-state index in [0.29, 0.717) is 16.3 Å². The van der Waals surface area contributed by atoms with Gasteiger partial charge in [-0.2, -0.15) is 0 Å². The van der Waals surface area contributed by atoms with Crippen LogP contribution in [0.3, 0.4) is 0 Å². The minimum atomic E-state index is -4.05. The molecule has 2 aliphatic rings. The number of nitrogens with zero attached hydrogens (tertiary/aromatic N) is 1. The molecule has 10 heteroatoms. The lowest BCUT2D eigenvalue weighted by Crippen LogP contribution is -2.33. The number of rotatable bonds is 5. The number of benzene rings is 2. The molecule has 2 heterocycles. The van der Waals surface area contributed by atoms with Gasteiger partial charge >= 0.3 is 0 Å². The fourth-order valence-electron chi connectivity index (χ4n) is 3.61. The molecule has 0 radical (unpaired) electrons. The normalized spacial score (nSPS) is 18.8. The number of sulfonamides is 1. The topological polar surface area (TPSA) is 95.6 Å². The van der Waals surface area contributed by atoms with Gasteiger partial charge in [-0.05, 0) is 43.2 Å². The maximum atomic E-state index is 13.9. The molecule has 2 N–H and O–H groups in total. The average Bonchev–Trinajstić information content (AvgIpc) is 3.23. The van der Waals surface area contributed by atoms with Crippen LogP contribution in [0.1, 0.15) is 19.3 Å². The van der Waals surface area contributed by atoms with Crippen molar-refractivity contribution in [2.45, 2.75) is 29.1 Å². The van der Waals surface area contributed by atoms with Gasteiger partial charge in [0.1, 0.15) is 5.82 Å². The number of carbonyl (C=O) groups excluding carboxylic acids is 2. The third-order valence-electron chi connectivity index (χ3n) is 5.33. The monoisotopic (exact) mass is 463 g/mol. The van der Waals surface area contributed by atoms with Crippen molar-refractivity contribution in [3.63, 3.8) is 0 Å². The van der Waals surface area contributed by atoms with Crippen LogP contribution in [-0.2, 0) is 19.6 Å². The highest BCUT2D eigenvalue weighted by Crippen LogP contribution is 2.35. The summed E-state index contributed by atoms with van der Waals surface area (Å²) < 4.78 is 41.5. The van der Waals surface area contributed by atoms with Gasteiger partial charge in [-0.25, -0.2) is 12.8 Å². The van der Waals surface area contributed by atoms with Gasteiger partial charge in [0.15, 0.2) is 0 Å². The molecule has 1 fully saturated rings. The Hall–Kier alpha value is -2.59. The van der Waals surface area contributed by atoms with Crippen LogP contribution in [0.4, 0.5) is 15.8 Å². The maximum absolute atomic E-state index is 13.9. The van der Waals surface area contributed by atoms with Crippen LogP contribution in [0.5, 0.6) is 0 Å². The Labute approximate surface area is 184 Å². The van der Waals surface area contributed by atoms with E-state index < -0.39 is 21.8 Å². The molecule has 1 unspecified atom stereocenters. The zero-order valence-electron chi connectivity index (χ0n) is 16.6. The standard InChI is InChI=1S/C21H22FN3O4S2/c22-16-5-1-2-6-17(16)24-31(28,29)15-7-8-19-18(12-15)23-21(27)14(13-30-19)11-20(26)25-9-3-4-10-25/h1-2,5-8,12,14,24H,3-4,9-11,13H2,(H,23,27). The van der Waals surface area contributed by atoms with Crippen LogP contribution >= 0.6 is 11.8 Å². The number of halogens is 1. The van der Waals surface area contributed by atoms with Crippen LogP contribution in [0.15, 0.2) is 52.3 Å². The highest BCUT2D eigenvalue weighted by molar-refractivity contribution is 7.99. The van der Waals surface area contributed by atoms with Gasteiger partial charge in [0.25, 0.3) is 10.0 Å². The van der Waals surface area contributed by atoms with Gasteiger partial charge in [-0.3, -0.25) is 14.3 Å². The first-order chi connectivity index (χ1) is 14.8. The molecular formula is C21H22FN3O4S2. The second-order valence-electron chi connectivity index (χ2n) is 7.53. The summed E-state index contributed by atoms with van der Waals surface area (Å²) in [5.41, 5.74) is 0.207. The summed E-state index contributed by atoms with van der Waals surface area (Å²) in [5, 5.41) is 2.76.